The molecule has 0 bridgehead atoms. The van der Waals surface area contributed by atoms with Crippen LogP contribution in [0.15, 0.2) is 48.5 Å². The molecule has 0 aliphatic carbocycles. The predicted octanol–water partition coefficient (Wildman–Crippen LogP) is 3.73. The van der Waals surface area contributed by atoms with Crippen molar-refractivity contribution in [2.45, 2.75) is 39.4 Å². The molecule has 1 unspecified atom stereocenters. The average molecular weight is 367 g/mol. The van der Waals surface area contributed by atoms with E-state index in [-0.39, 0.29) is 12.1 Å². The van der Waals surface area contributed by atoms with E-state index in [0.29, 0.717) is 12.8 Å². The molecular formula is C22H29N3O2. The molecule has 0 aromatic heterocycles. The Morgan fingerprint density at radius 2 is 1.81 bits per heavy atom. The van der Waals surface area contributed by atoms with Crippen molar-refractivity contribution in [2.24, 2.45) is 5.92 Å². The zero-order chi connectivity index (χ0) is 19.4. The van der Waals surface area contributed by atoms with Crippen LogP contribution in [0, 0.1) is 12.8 Å². The minimum atomic E-state index is -0.675. The fraction of sp³-hybridized carbons (Fsp3) is 0.409. The zero-order valence-corrected chi connectivity index (χ0v) is 16.1. The standard InChI is InChI=1S/C22H29N3O2/c1-16-7-3-4-8-19(16)15-25(21-10-6-5-9-20(21)23)17(2)24-13-11-18(12-14-24)22(26)27/h3-10,17-18H,11-15,23H2,1-2H3,(H,26,27). The number of benzene rings is 2. The van der Waals surface area contributed by atoms with Crippen molar-refractivity contribution in [3.05, 3.63) is 59.7 Å². The van der Waals surface area contributed by atoms with Gasteiger partial charge >= 0.3 is 5.97 Å². The quantitative estimate of drug-likeness (QED) is 0.762. The molecule has 27 heavy (non-hydrogen) atoms. The highest BCUT2D eigenvalue weighted by Gasteiger charge is 2.30. The second-order valence-corrected chi connectivity index (χ2v) is 7.39. The molecule has 1 heterocycles. The number of anilines is 2. The van der Waals surface area contributed by atoms with E-state index in [1.165, 1.54) is 11.1 Å². The van der Waals surface area contributed by atoms with Crippen molar-refractivity contribution in [3.8, 4) is 0 Å². The number of rotatable bonds is 6. The first-order valence-electron chi connectivity index (χ1n) is 9.60. The van der Waals surface area contributed by atoms with Gasteiger partial charge < -0.3 is 15.7 Å². The fourth-order valence-corrected chi connectivity index (χ4v) is 3.86. The third-order valence-electron chi connectivity index (χ3n) is 5.71. The summed E-state index contributed by atoms with van der Waals surface area (Å²) in [7, 11) is 0. The summed E-state index contributed by atoms with van der Waals surface area (Å²) in [5.74, 6) is -0.897. The molecule has 3 N–H and O–H groups in total. The average Bonchev–Trinajstić information content (AvgIpc) is 2.68. The summed E-state index contributed by atoms with van der Waals surface area (Å²) in [6, 6.07) is 16.4. The first kappa shape index (κ1) is 19.2. The monoisotopic (exact) mass is 367 g/mol. The number of nitrogens with zero attached hydrogens (tertiary/aromatic N) is 2. The number of aliphatic carboxylic acids is 1. The van der Waals surface area contributed by atoms with Gasteiger partial charge in [0.15, 0.2) is 0 Å². The van der Waals surface area contributed by atoms with Gasteiger partial charge in [0.25, 0.3) is 0 Å². The molecular weight excluding hydrogens is 338 g/mol. The number of carboxylic acid groups (broad SMARTS) is 1. The molecule has 5 nitrogen and oxygen atoms in total. The molecule has 5 heteroatoms. The number of para-hydroxylation sites is 2. The van der Waals surface area contributed by atoms with Crippen molar-refractivity contribution in [2.75, 3.05) is 23.7 Å². The van der Waals surface area contributed by atoms with Gasteiger partial charge in [-0.15, -0.1) is 0 Å². The Balaban J connectivity index is 1.85. The van der Waals surface area contributed by atoms with Gasteiger partial charge in [-0.05, 0) is 49.9 Å². The number of nitrogens with two attached hydrogens (primary N) is 1. The number of piperidine rings is 1. The Kier molecular flexibility index (Phi) is 6.01. The van der Waals surface area contributed by atoms with Crippen molar-refractivity contribution in [3.63, 3.8) is 0 Å². The third-order valence-corrected chi connectivity index (χ3v) is 5.71. The number of carboxylic acids is 1. The fourth-order valence-electron chi connectivity index (χ4n) is 3.86. The normalized spacial score (nSPS) is 16.8. The van der Waals surface area contributed by atoms with Gasteiger partial charge in [0.1, 0.15) is 0 Å². The van der Waals surface area contributed by atoms with Crippen LogP contribution in [0.5, 0.6) is 0 Å². The maximum Gasteiger partial charge on any atom is 0.306 e. The van der Waals surface area contributed by atoms with Crippen molar-refractivity contribution in [1.82, 2.24) is 4.90 Å². The van der Waals surface area contributed by atoms with Gasteiger partial charge in [-0.2, -0.15) is 0 Å². The Morgan fingerprint density at radius 1 is 1.19 bits per heavy atom. The van der Waals surface area contributed by atoms with E-state index >= 15 is 0 Å². The zero-order valence-electron chi connectivity index (χ0n) is 16.1. The first-order chi connectivity index (χ1) is 13.0. The Morgan fingerprint density at radius 3 is 2.44 bits per heavy atom. The molecule has 1 aliphatic rings. The maximum absolute atomic E-state index is 11.3. The highest BCUT2D eigenvalue weighted by Crippen LogP contribution is 2.30. The lowest BCUT2D eigenvalue weighted by molar-refractivity contribution is -0.143. The predicted molar refractivity (Wildman–Crippen MR) is 110 cm³/mol. The largest absolute Gasteiger partial charge is 0.481 e. The number of hydrogen-bond acceptors (Lipinski definition) is 4. The van der Waals surface area contributed by atoms with Crippen molar-refractivity contribution in [1.29, 1.82) is 0 Å². The van der Waals surface area contributed by atoms with Crippen LogP contribution in [0.25, 0.3) is 0 Å². The molecule has 1 atom stereocenters. The second kappa shape index (κ2) is 8.44. The molecule has 0 amide bonds. The first-order valence-corrected chi connectivity index (χ1v) is 9.60. The van der Waals surface area contributed by atoms with E-state index < -0.39 is 5.97 Å². The van der Waals surface area contributed by atoms with Crippen molar-refractivity contribution < 1.29 is 9.90 Å². The number of hydrogen-bond donors (Lipinski definition) is 2. The summed E-state index contributed by atoms with van der Waals surface area (Å²) in [4.78, 5) is 16.0. The van der Waals surface area contributed by atoms with E-state index in [4.69, 9.17) is 5.73 Å². The molecule has 2 aromatic rings. The van der Waals surface area contributed by atoms with E-state index in [1.807, 2.05) is 18.2 Å². The summed E-state index contributed by atoms with van der Waals surface area (Å²) < 4.78 is 0. The molecule has 3 rings (SSSR count). The number of aryl methyl sites for hydroxylation is 1. The minimum Gasteiger partial charge on any atom is -0.481 e. The molecule has 1 aliphatic heterocycles. The third kappa shape index (κ3) is 4.42. The number of likely N-dealkylation sites (tertiary alicyclic amines) is 1. The summed E-state index contributed by atoms with van der Waals surface area (Å²) in [5, 5.41) is 9.27. The second-order valence-electron chi connectivity index (χ2n) is 7.39. The highest BCUT2D eigenvalue weighted by atomic mass is 16.4. The SMILES string of the molecule is Cc1ccccc1CN(c1ccccc1N)C(C)N1CCC(C(=O)O)CC1. The van der Waals surface area contributed by atoms with Gasteiger partial charge in [-0.1, -0.05) is 36.4 Å². The maximum atomic E-state index is 11.3. The van der Waals surface area contributed by atoms with Crippen LogP contribution in [0.1, 0.15) is 30.9 Å². The molecule has 144 valence electrons. The van der Waals surface area contributed by atoms with Crippen LogP contribution in [0.4, 0.5) is 11.4 Å². The van der Waals surface area contributed by atoms with Crippen LogP contribution in [-0.2, 0) is 11.3 Å². The van der Waals surface area contributed by atoms with E-state index in [2.05, 4.69) is 54.0 Å². The van der Waals surface area contributed by atoms with E-state index in [9.17, 15) is 9.90 Å². The molecule has 0 spiro atoms. The van der Waals surface area contributed by atoms with Gasteiger partial charge in [0.2, 0.25) is 0 Å². The van der Waals surface area contributed by atoms with Crippen LogP contribution in [0.3, 0.4) is 0 Å². The van der Waals surface area contributed by atoms with Crippen molar-refractivity contribution >= 4 is 17.3 Å². The van der Waals surface area contributed by atoms with Gasteiger partial charge in [0, 0.05) is 19.6 Å². The van der Waals surface area contributed by atoms with Crippen LogP contribution >= 0.6 is 0 Å². The smallest absolute Gasteiger partial charge is 0.306 e. The van der Waals surface area contributed by atoms with E-state index in [0.717, 1.165) is 31.0 Å². The summed E-state index contributed by atoms with van der Waals surface area (Å²) in [6.45, 7) is 6.65. The lowest BCUT2D eigenvalue weighted by Gasteiger charge is -2.42. The summed E-state index contributed by atoms with van der Waals surface area (Å²) in [5.41, 5.74) is 10.6. The molecule has 1 fully saturated rings. The minimum absolute atomic E-state index is 0.129. The molecule has 2 aromatic carbocycles. The Hall–Kier alpha value is -2.53. The topological polar surface area (TPSA) is 69.8 Å². The highest BCUT2D eigenvalue weighted by molar-refractivity contribution is 5.70. The van der Waals surface area contributed by atoms with Gasteiger partial charge in [-0.3, -0.25) is 9.69 Å². The molecule has 0 saturated carbocycles. The molecule has 1 saturated heterocycles. The van der Waals surface area contributed by atoms with Crippen LogP contribution in [0.2, 0.25) is 0 Å². The lowest BCUT2D eigenvalue weighted by Crippen LogP contribution is -2.50. The van der Waals surface area contributed by atoms with Crippen LogP contribution in [-0.4, -0.2) is 35.2 Å². The molecule has 0 radical (unpaired) electrons. The number of nitrogen functional groups attached to an aromatic ring is 1. The lowest BCUT2D eigenvalue weighted by atomic mass is 9.96. The van der Waals surface area contributed by atoms with Gasteiger partial charge in [0.05, 0.1) is 23.5 Å². The summed E-state index contributed by atoms with van der Waals surface area (Å²) in [6.07, 6.45) is 1.52. The van der Waals surface area contributed by atoms with Crippen LogP contribution < -0.4 is 10.6 Å². The van der Waals surface area contributed by atoms with Gasteiger partial charge in [-0.25, -0.2) is 0 Å². The van der Waals surface area contributed by atoms with E-state index in [1.54, 1.807) is 0 Å². The Labute approximate surface area is 161 Å². The number of carbonyl (C=O) groups is 1. The Bertz CT molecular complexity index is 785. The summed E-state index contributed by atoms with van der Waals surface area (Å²) >= 11 is 0.